The summed E-state index contributed by atoms with van der Waals surface area (Å²) in [6.45, 7) is 0.113. The van der Waals surface area contributed by atoms with Gasteiger partial charge in [-0.1, -0.05) is 30.9 Å². The number of nitrogens with one attached hydrogen (secondary N) is 1. The lowest BCUT2D eigenvalue weighted by Crippen LogP contribution is -2.42. The molecule has 1 saturated carbocycles. The molecule has 1 aliphatic carbocycles. The monoisotopic (exact) mass is 311 g/mol. The lowest BCUT2D eigenvalue weighted by Gasteiger charge is -2.21. The lowest BCUT2D eigenvalue weighted by atomic mass is 10.1. The van der Waals surface area contributed by atoms with Crippen molar-refractivity contribution < 1.29 is 19.4 Å². The molecule has 1 amide bonds. The average molecular weight is 312 g/mol. The Hall–Kier alpha value is -1.46. The lowest BCUT2D eigenvalue weighted by molar-refractivity contribution is 0.0818. The zero-order valence-electron chi connectivity index (χ0n) is 11.6. The average Bonchev–Trinajstić information content (AvgIpc) is 2.85. The van der Waals surface area contributed by atoms with Gasteiger partial charge in [-0.25, -0.2) is 0 Å². The summed E-state index contributed by atoms with van der Waals surface area (Å²) in [4.78, 5) is 12.3. The van der Waals surface area contributed by atoms with Crippen LogP contribution in [0.25, 0.3) is 0 Å². The summed E-state index contributed by atoms with van der Waals surface area (Å²) in [5.41, 5.74) is 0.417. The molecule has 114 valence electrons. The van der Waals surface area contributed by atoms with Crippen molar-refractivity contribution >= 4 is 17.5 Å². The van der Waals surface area contributed by atoms with E-state index in [9.17, 15) is 9.90 Å². The van der Waals surface area contributed by atoms with Crippen molar-refractivity contribution in [3.63, 3.8) is 0 Å². The van der Waals surface area contributed by atoms with Gasteiger partial charge in [0.05, 0.1) is 17.2 Å². The molecule has 0 aromatic heterocycles. The number of amides is 1. The summed E-state index contributed by atoms with van der Waals surface area (Å²) in [5, 5.41) is 13.3. The van der Waals surface area contributed by atoms with Gasteiger partial charge in [0.2, 0.25) is 6.79 Å². The van der Waals surface area contributed by atoms with Crippen molar-refractivity contribution in [3.8, 4) is 11.5 Å². The van der Waals surface area contributed by atoms with Crippen LogP contribution in [-0.2, 0) is 0 Å². The molecule has 0 spiro atoms. The van der Waals surface area contributed by atoms with E-state index < -0.39 is 6.10 Å². The molecule has 21 heavy (non-hydrogen) atoms. The predicted molar refractivity (Wildman–Crippen MR) is 77.9 cm³/mol. The fourth-order valence-electron chi connectivity index (χ4n) is 2.81. The van der Waals surface area contributed by atoms with Crippen LogP contribution >= 0.6 is 11.6 Å². The maximum absolute atomic E-state index is 12.3. The van der Waals surface area contributed by atoms with Crippen LogP contribution in [0.1, 0.15) is 42.5 Å². The number of hydrogen-bond acceptors (Lipinski definition) is 4. The van der Waals surface area contributed by atoms with E-state index in [0.717, 1.165) is 32.1 Å². The Morgan fingerprint density at radius 3 is 2.90 bits per heavy atom. The molecule has 3 rings (SSSR count). The van der Waals surface area contributed by atoms with E-state index in [2.05, 4.69) is 5.32 Å². The number of benzene rings is 1. The van der Waals surface area contributed by atoms with Crippen LogP contribution in [-0.4, -0.2) is 30.0 Å². The van der Waals surface area contributed by atoms with E-state index in [1.165, 1.54) is 0 Å². The minimum absolute atomic E-state index is 0.113. The number of ether oxygens (including phenoxy) is 2. The molecule has 2 atom stereocenters. The van der Waals surface area contributed by atoms with Crippen molar-refractivity contribution in [3.05, 3.63) is 22.7 Å². The summed E-state index contributed by atoms with van der Waals surface area (Å²) in [7, 11) is 0. The van der Waals surface area contributed by atoms with Gasteiger partial charge in [-0.15, -0.1) is 0 Å². The second-order valence-corrected chi connectivity index (χ2v) is 5.88. The fourth-order valence-corrected chi connectivity index (χ4v) is 3.07. The molecule has 1 aromatic carbocycles. The molecule has 6 heteroatoms. The third-order valence-corrected chi connectivity index (χ3v) is 4.27. The van der Waals surface area contributed by atoms with Gasteiger partial charge < -0.3 is 19.9 Å². The van der Waals surface area contributed by atoms with Gasteiger partial charge in [0.1, 0.15) is 0 Å². The SMILES string of the molecule is O=C(NC1CCCCCC1O)c1cc(Cl)c2c(c1)OCO2. The van der Waals surface area contributed by atoms with E-state index in [1.54, 1.807) is 12.1 Å². The number of carbonyl (C=O) groups is 1. The minimum atomic E-state index is -0.485. The summed E-state index contributed by atoms with van der Waals surface area (Å²) in [6.07, 6.45) is 4.16. The smallest absolute Gasteiger partial charge is 0.251 e. The fraction of sp³-hybridized carbons (Fsp3) is 0.533. The number of halogens is 1. The Kier molecular flexibility index (Phi) is 4.22. The first-order chi connectivity index (χ1) is 10.1. The summed E-state index contributed by atoms with van der Waals surface area (Å²) >= 11 is 6.08. The van der Waals surface area contributed by atoms with Crippen LogP contribution in [0.2, 0.25) is 5.02 Å². The van der Waals surface area contributed by atoms with Gasteiger partial charge in [0, 0.05) is 5.56 Å². The zero-order valence-corrected chi connectivity index (χ0v) is 12.4. The number of fused-ring (bicyclic) bond motifs is 1. The van der Waals surface area contributed by atoms with Crippen LogP contribution in [0.3, 0.4) is 0 Å². The third kappa shape index (κ3) is 3.09. The van der Waals surface area contributed by atoms with Gasteiger partial charge in [-0.2, -0.15) is 0 Å². The molecule has 2 aliphatic rings. The molecule has 0 saturated heterocycles. The Balaban J connectivity index is 1.74. The third-order valence-electron chi connectivity index (χ3n) is 3.99. The molecular formula is C15H18ClNO4. The summed E-state index contributed by atoms with van der Waals surface area (Å²) in [6, 6.07) is 2.98. The number of carbonyl (C=O) groups excluding carboxylic acids is 1. The van der Waals surface area contributed by atoms with Crippen LogP contribution in [0.5, 0.6) is 11.5 Å². The van der Waals surface area contributed by atoms with Gasteiger partial charge in [-0.3, -0.25) is 4.79 Å². The largest absolute Gasteiger partial charge is 0.454 e. The van der Waals surface area contributed by atoms with Gasteiger partial charge in [-0.05, 0) is 25.0 Å². The predicted octanol–water partition coefficient (Wildman–Crippen LogP) is 2.49. The van der Waals surface area contributed by atoms with Gasteiger partial charge in [0.25, 0.3) is 5.91 Å². The first-order valence-corrected chi connectivity index (χ1v) is 7.61. The quantitative estimate of drug-likeness (QED) is 0.823. The molecule has 5 nitrogen and oxygen atoms in total. The molecule has 1 fully saturated rings. The standard InChI is InChI=1S/C15H18ClNO4/c16-10-6-9(7-13-14(10)21-8-20-13)15(19)17-11-4-2-1-3-5-12(11)18/h6-7,11-12,18H,1-5,8H2,(H,17,19). The van der Waals surface area contributed by atoms with E-state index in [-0.39, 0.29) is 18.7 Å². The Labute approximate surface area is 128 Å². The highest BCUT2D eigenvalue weighted by Crippen LogP contribution is 2.39. The van der Waals surface area contributed by atoms with E-state index in [0.29, 0.717) is 22.1 Å². The molecule has 1 aromatic rings. The van der Waals surface area contributed by atoms with Gasteiger partial charge in [0.15, 0.2) is 11.5 Å². The highest BCUT2D eigenvalue weighted by atomic mass is 35.5. The second-order valence-electron chi connectivity index (χ2n) is 5.48. The summed E-state index contributed by atoms with van der Waals surface area (Å²) < 4.78 is 10.5. The van der Waals surface area contributed by atoms with Crippen LogP contribution in [0.15, 0.2) is 12.1 Å². The topological polar surface area (TPSA) is 67.8 Å². The Morgan fingerprint density at radius 1 is 1.24 bits per heavy atom. The van der Waals surface area contributed by atoms with E-state index in [1.807, 2.05) is 0 Å². The molecule has 2 N–H and O–H groups in total. The molecule has 0 bridgehead atoms. The van der Waals surface area contributed by atoms with Crippen molar-refractivity contribution in [1.82, 2.24) is 5.32 Å². The molecular weight excluding hydrogens is 294 g/mol. The van der Waals surface area contributed by atoms with Crippen LogP contribution < -0.4 is 14.8 Å². The minimum Gasteiger partial charge on any atom is -0.454 e. The highest BCUT2D eigenvalue weighted by Gasteiger charge is 2.25. The van der Waals surface area contributed by atoms with Crippen molar-refractivity contribution in [2.75, 3.05) is 6.79 Å². The van der Waals surface area contributed by atoms with Crippen molar-refractivity contribution in [2.24, 2.45) is 0 Å². The van der Waals surface area contributed by atoms with Crippen molar-refractivity contribution in [1.29, 1.82) is 0 Å². The Bertz CT molecular complexity index is 549. The summed E-state index contributed by atoms with van der Waals surface area (Å²) in [5.74, 6) is 0.706. The number of rotatable bonds is 2. The maximum atomic E-state index is 12.3. The number of aliphatic hydroxyl groups excluding tert-OH is 1. The first kappa shape index (κ1) is 14.5. The van der Waals surface area contributed by atoms with Crippen LogP contribution in [0, 0.1) is 0 Å². The molecule has 1 heterocycles. The van der Waals surface area contributed by atoms with Gasteiger partial charge >= 0.3 is 0 Å². The number of hydrogen-bond donors (Lipinski definition) is 2. The second kappa shape index (κ2) is 6.12. The molecule has 2 unspecified atom stereocenters. The molecule has 1 aliphatic heterocycles. The Morgan fingerprint density at radius 2 is 2.05 bits per heavy atom. The highest BCUT2D eigenvalue weighted by molar-refractivity contribution is 6.32. The first-order valence-electron chi connectivity index (χ1n) is 7.23. The normalized spacial score (nSPS) is 24.5. The van der Waals surface area contributed by atoms with E-state index in [4.69, 9.17) is 21.1 Å². The zero-order chi connectivity index (χ0) is 14.8. The maximum Gasteiger partial charge on any atom is 0.251 e. The van der Waals surface area contributed by atoms with E-state index >= 15 is 0 Å². The number of aliphatic hydroxyl groups is 1. The molecule has 0 radical (unpaired) electrons. The van der Waals surface area contributed by atoms with Crippen molar-refractivity contribution in [2.45, 2.75) is 44.2 Å². The van der Waals surface area contributed by atoms with Crippen LogP contribution in [0.4, 0.5) is 0 Å².